The van der Waals surface area contributed by atoms with Crippen LogP contribution in [0.3, 0.4) is 0 Å². The standard InChI is InChI=1S/C20H24FN3O2/c1-15-7-8-18(21)19(11-15)23-20(25)22-12-17-14-24(9-10-26-17)13-16-5-3-2-4-6-16/h2-8,11,17H,9-10,12-14H2,1H3,(H2,22,23,25). The van der Waals surface area contributed by atoms with Gasteiger partial charge in [-0.2, -0.15) is 0 Å². The topological polar surface area (TPSA) is 53.6 Å². The Kier molecular flexibility index (Phi) is 6.20. The molecule has 3 rings (SSSR count). The molecule has 2 N–H and O–H groups in total. The molecular formula is C20H24FN3O2. The molecule has 0 saturated carbocycles. The number of nitrogens with one attached hydrogen (secondary N) is 2. The number of nitrogens with zero attached hydrogens (tertiary/aromatic N) is 1. The summed E-state index contributed by atoms with van der Waals surface area (Å²) >= 11 is 0. The third kappa shape index (κ3) is 5.28. The van der Waals surface area contributed by atoms with Gasteiger partial charge in [0.05, 0.1) is 18.4 Å². The second kappa shape index (κ2) is 8.78. The largest absolute Gasteiger partial charge is 0.374 e. The lowest BCUT2D eigenvalue weighted by molar-refractivity contribution is -0.0285. The number of hydrogen-bond donors (Lipinski definition) is 2. The van der Waals surface area contributed by atoms with Gasteiger partial charge in [-0.3, -0.25) is 4.90 Å². The summed E-state index contributed by atoms with van der Waals surface area (Å²) in [7, 11) is 0. The summed E-state index contributed by atoms with van der Waals surface area (Å²) in [4.78, 5) is 14.3. The van der Waals surface area contributed by atoms with Crippen molar-refractivity contribution in [1.29, 1.82) is 0 Å². The zero-order chi connectivity index (χ0) is 18.4. The Labute approximate surface area is 153 Å². The van der Waals surface area contributed by atoms with Gasteiger partial charge in [-0.25, -0.2) is 9.18 Å². The zero-order valence-corrected chi connectivity index (χ0v) is 14.9. The molecule has 1 aliphatic rings. The molecule has 5 nitrogen and oxygen atoms in total. The van der Waals surface area contributed by atoms with Crippen LogP contribution in [0.15, 0.2) is 48.5 Å². The molecule has 0 spiro atoms. The average molecular weight is 357 g/mol. The van der Waals surface area contributed by atoms with Gasteiger partial charge in [-0.05, 0) is 30.2 Å². The Bertz CT molecular complexity index is 739. The molecule has 1 unspecified atom stereocenters. The highest BCUT2D eigenvalue weighted by Gasteiger charge is 2.21. The van der Waals surface area contributed by atoms with Crippen molar-refractivity contribution in [3.63, 3.8) is 0 Å². The Morgan fingerprint density at radius 1 is 1.27 bits per heavy atom. The van der Waals surface area contributed by atoms with E-state index < -0.39 is 11.8 Å². The fraction of sp³-hybridized carbons (Fsp3) is 0.350. The summed E-state index contributed by atoms with van der Waals surface area (Å²) in [5.74, 6) is -0.450. The van der Waals surface area contributed by atoms with Crippen LogP contribution in [0.2, 0.25) is 0 Å². The third-order valence-electron chi connectivity index (χ3n) is 4.33. The second-order valence-electron chi connectivity index (χ2n) is 6.53. The van der Waals surface area contributed by atoms with Crippen LogP contribution in [0.25, 0.3) is 0 Å². The van der Waals surface area contributed by atoms with Gasteiger partial charge in [0.25, 0.3) is 0 Å². The van der Waals surface area contributed by atoms with E-state index in [4.69, 9.17) is 4.74 Å². The average Bonchev–Trinajstić information content (AvgIpc) is 2.64. The van der Waals surface area contributed by atoms with Crippen LogP contribution in [-0.4, -0.2) is 43.3 Å². The van der Waals surface area contributed by atoms with E-state index in [0.29, 0.717) is 13.2 Å². The minimum Gasteiger partial charge on any atom is -0.374 e. The van der Waals surface area contributed by atoms with E-state index >= 15 is 0 Å². The number of hydrogen-bond acceptors (Lipinski definition) is 3. The summed E-state index contributed by atoms with van der Waals surface area (Å²) in [6.45, 7) is 5.33. The second-order valence-corrected chi connectivity index (χ2v) is 6.53. The van der Waals surface area contributed by atoms with Gasteiger partial charge in [0.2, 0.25) is 0 Å². The number of anilines is 1. The number of benzene rings is 2. The van der Waals surface area contributed by atoms with E-state index in [-0.39, 0.29) is 11.8 Å². The molecule has 2 amide bonds. The molecule has 1 saturated heterocycles. The lowest BCUT2D eigenvalue weighted by Gasteiger charge is -2.33. The molecule has 1 fully saturated rings. The maximum Gasteiger partial charge on any atom is 0.319 e. The van der Waals surface area contributed by atoms with Crippen LogP contribution in [-0.2, 0) is 11.3 Å². The maximum absolute atomic E-state index is 13.7. The quantitative estimate of drug-likeness (QED) is 0.864. The van der Waals surface area contributed by atoms with Crippen LogP contribution in [0.4, 0.5) is 14.9 Å². The van der Waals surface area contributed by atoms with Gasteiger partial charge in [0.15, 0.2) is 0 Å². The molecule has 1 aliphatic heterocycles. The predicted octanol–water partition coefficient (Wildman–Crippen LogP) is 3.16. The molecule has 0 bridgehead atoms. The minimum absolute atomic E-state index is 0.0828. The maximum atomic E-state index is 13.7. The lowest BCUT2D eigenvalue weighted by Crippen LogP contribution is -2.47. The third-order valence-corrected chi connectivity index (χ3v) is 4.33. The molecule has 2 aromatic rings. The zero-order valence-electron chi connectivity index (χ0n) is 14.9. The van der Waals surface area contributed by atoms with Crippen molar-refractivity contribution in [1.82, 2.24) is 10.2 Å². The number of carbonyl (C=O) groups is 1. The van der Waals surface area contributed by atoms with Crippen molar-refractivity contribution in [3.8, 4) is 0 Å². The summed E-state index contributed by atoms with van der Waals surface area (Å²) < 4.78 is 19.4. The number of halogens is 1. The first-order chi connectivity index (χ1) is 12.6. The van der Waals surface area contributed by atoms with Crippen LogP contribution < -0.4 is 10.6 Å². The minimum atomic E-state index is -0.450. The van der Waals surface area contributed by atoms with Crippen molar-refractivity contribution in [2.24, 2.45) is 0 Å². The van der Waals surface area contributed by atoms with E-state index in [0.717, 1.165) is 25.2 Å². The van der Waals surface area contributed by atoms with Gasteiger partial charge in [-0.15, -0.1) is 0 Å². The van der Waals surface area contributed by atoms with Crippen molar-refractivity contribution < 1.29 is 13.9 Å². The highest BCUT2D eigenvalue weighted by Crippen LogP contribution is 2.15. The predicted molar refractivity (Wildman–Crippen MR) is 99.6 cm³/mol. The number of carbonyl (C=O) groups excluding carboxylic acids is 1. The van der Waals surface area contributed by atoms with Crippen LogP contribution in [0.5, 0.6) is 0 Å². The van der Waals surface area contributed by atoms with Crippen LogP contribution in [0, 0.1) is 12.7 Å². The first kappa shape index (κ1) is 18.4. The molecule has 2 aromatic carbocycles. The van der Waals surface area contributed by atoms with Crippen LogP contribution in [0.1, 0.15) is 11.1 Å². The first-order valence-electron chi connectivity index (χ1n) is 8.79. The van der Waals surface area contributed by atoms with Crippen molar-refractivity contribution in [2.45, 2.75) is 19.6 Å². The lowest BCUT2D eigenvalue weighted by atomic mass is 10.2. The number of morpholine rings is 1. The number of urea groups is 1. The number of amides is 2. The van der Waals surface area contributed by atoms with Crippen molar-refractivity contribution in [3.05, 3.63) is 65.5 Å². The van der Waals surface area contributed by atoms with Crippen molar-refractivity contribution in [2.75, 3.05) is 31.6 Å². The SMILES string of the molecule is Cc1ccc(F)c(NC(=O)NCC2CN(Cc3ccccc3)CCO2)c1. The van der Waals surface area contributed by atoms with Gasteiger partial charge >= 0.3 is 6.03 Å². The molecule has 0 aromatic heterocycles. The Morgan fingerprint density at radius 3 is 2.88 bits per heavy atom. The Hall–Kier alpha value is -2.44. The van der Waals surface area contributed by atoms with E-state index in [1.807, 2.05) is 25.1 Å². The first-order valence-corrected chi connectivity index (χ1v) is 8.79. The van der Waals surface area contributed by atoms with E-state index in [9.17, 15) is 9.18 Å². The normalized spacial score (nSPS) is 17.7. The fourth-order valence-electron chi connectivity index (χ4n) is 3.00. The smallest absolute Gasteiger partial charge is 0.319 e. The molecule has 0 radical (unpaired) electrons. The molecule has 138 valence electrons. The molecule has 0 aliphatic carbocycles. The van der Waals surface area contributed by atoms with Gasteiger partial charge in [0, 0.05) is 26.2 Å². The molecule has 6 heteroatoms. The van der Waals surface area contributed by atoms with E-state index in [2.05, 4.69) is 27.7 Å². The summed E-state index contributed by atoms with van der Waals surface area (Å²) in [6.07, 6.45) is -0.0828. The molecular weight excluding hydrogens is 333 g/mol. The number of aryl methyl sites for hydroxylation is 1. The number of ether oxygens (including phenoxy) is 1. The monoisotopic (exact) mass is 357 g/mol. The Morgan fingerprint density at radius 2 is 2.08 bits per heavy atom. The molecule has 1 atom stereocenters. The van der Waals surface area contributed by atoms with E-state index in [1.54, 1.807) is 12.1 Å². The summed E-state index contributed by atoms with van der Waals surface area (Å²) in [5.41, 5.74) is 2.32. The highest BCUT2D eigenvalue weighted by atomic mass is 19.1. The van der Waals surface area contributed by atoms with Gasteiger partial charge in [0.1, 0.15) is 5.82 Å². The van der Waals surface area contributed by atoms with Gasteiger partial charge in [-0.1, -0.05) is 36.4 Å². The van der Waals surface area contributed by atoms with Crippen LogP contribution >= 0.6 is 0 Å². The molecule has 26 heavy (non-hydrogen) atoms. The van der Waals surface area contributed by atoms with Crippen molar-refractivity contribution >= 4 is 11.7 Å². The number of rotatable bonds is 5. The molecule has 1 heterocycles. The van der Waals surface area contributed by atoms with Gasteiger partial charge < -0.3 is 15.4 Å². The highest BCUT2D eigenvalue weighted by molar-refractivity contribution is 5.89. The summed E-state index contributed by atoms with van der Waals surface area (Å²) in [5, 5.41) is 5.31. The summed E-state index contributed by atoms with van der Waals surface area (Å²) in [6, 6.07) is 14.5. The van der Waals surface area contributed by atoms with E-state index in [1.165, 1.54) is 11.6 Å². The Balaban J connectivity index is 1.46. The fourth-order valence-corrected chi connectivity index (χ4v) is 3.00.